The van der Waals surface area contributed by atoms with Gasteiger partial charge in [-0.1, -0.05) is 11.6 Å². The van der Waals surface area contributed by atoms with Crippen molar-refractivity contribution in [3.63, 3.8) is 0 Å². The number of likely N-dealkylation sites (tertiary alicyclic amines) is 1. The number of piperidine rings is 1. The Labute approximate surface area is 107 Å². The molecule has 0 radical (unpaired) electrons. The van der Waals surface area contributed by atoms with Crippen LogP contribution in [-0.4, -0.2) is 27.5 Å². The van der Waals surface area contributed by atoms with Crippen LogP contribution in [-0.2, 0) is 4.79 Å². The Morgan fingerprint density at radius 2 is 2.11 bits per heavy atom. The molecule has 18 heavy (non-hydrogen) atoms. The Balaban J connectivity index is 1.79. The summed E-state index contributed by atoms with van der Waals surface area (Å²) in [6, 6.07) is 0.0318. The minimum absolute atomic E-state index is 0.0318. The van der Waals surface area contributed by atoms with Gasteiger partial charge in [-0.05, 0) is 32.1 Å². The van der Waals surface area contributed by atoms with Crippen LogP contribution in [0.25, 0.3) is 0 Å². The average molecular weight is 249 g/mol. The first-order chi connectivity index (χ1) is 8.75. The van der Waals surface area contributed by atoms with Crippen molar-refractivity contribution in [2.75, 3.05) is 6.54 Å². The van der Waals surface area contributed by atoms with Gasteiger partial charge in [-0.15, -0.1) is 0 Å². The normalized spacial score (nSPS) is 24.9. The molecule has 2 heterocycles. The van der Waals surface area contributed by atoms with Crippen molar-refractivity contribution in [1.82, 2.24) is 15.0 Å². The van der Waals surface area contributed by atoms with Crippen LogP contribution in [0.2, 0.25) is 0 Å². The molecule has 5 nitrogen and oxygen atoms in total. The van der Waals surface area contributed by atoms with E-state index in [2.05, 4.69) is 10.1 Å². The largest absolute Gasteiger partial charge is 0.340 e. The van der Waals surface area contributed by atoms with E-state index in [1.54, 1.807) is 6.92 Å². The zero-order valence-corrected chi connectivity index (χ0v) is 10.8. The molecule has 5 heteroatoms. The second-order valence-corrected chi connectivity index (χ2v) is 5.34. The van der Waals surface area contributed by atoms with E-state index in [1.807, 2.05) is 4.90 Å². The van der Waals surface area contributed by atoms with Crippen LogP contribution in [0.4, 0.5) is 0 Å². The molecule has 2 aliphatic rings. The number of carbonyl (C=O) groups excluding carboxylic acids is 1. The van der Waals surface area contributed by atoms with Crippen molar-refractivity contribution in [2.24, 2.45) is 5.92 Å². The molecule has 3 rings (SSSR count). The average Bonchev–Trinajstić information content (AvgIpc) is 2.73. The molecule has 1 aromatic heterocycles. The third-order valence-corrected chi connectivity index (χ3v) is 4.08. The molecule has 0 unspecified atom stereocenters. The van der Waals surface area contributed by atoms with Gasteiger partial charge in [0.15, 0.2) is 5.82 Å². The van der Waals surface area contributed by atoms with Crippen molar-refractivity contribution in [3.8, 4) is 0 Å². The number of nitrogens with zero attached hydrogens (tertiary/aromatic N) is 3. The smallest absolute Gasteiger partial charge is 0.226 e. The quantitative estimate of drug-likeness (QED) is 0.806. The minimum atomic E-state index is 0.0318. The highest BCUT2D eigenvalue weighted by atomic mass is 16.5. The fraction of sp³-hybridized carbons (Fsp3) is 0.769. The summed E-state index contributed by atoms with van der Waals surface area (Å²) in [6.07, 6.45) is 6.47. The Morgan fingerprint density at radius 3 is 2.72 bits per heavy atom. The number of aryl methyl sites for hydroxylation is 1. The highest BCUT2D eigenvalue weighted by Crippen LogP contribution is 2.35. The topological polar surface area (TPSA) is 59.2 Å². The maximum atomic E-state index is 12.4. The number of amides is 1. The minimum Gasteiger partial charge on any atom is -0.340 e. The molecule has 1 saturated carbocycles. The lowest BCUT2D eigenvalue weighted by Crippen LogP contribution is -2.44. The molecule has 0 aromatic carbocycles. The first kappa shape index (κ1) is 11.7. The van der Waals surface area contributed by atoms with E-state index in [0.717, 1.165) is 38.6 Å². The number of hydrogen-bond acceptors (Lipinski definition) is 4. The van der Waals surface area contributed by atoms with Crippen molar-refractivity contribution in [1.29, 1.82) is 0 Å². The summed E-state index contributed by atoms with van der Waals surface area (Å²) in [7, 11) is 0. The van der Waals surface area contributed by atoms with Gasteiger partial charge in [-0.2, -0.15) is 4.98 Å². The first-order valence-corrected chi connectivity index (χ1v) is 6.86. The molecule has 2 fully saturated rings. The molecule has 1 aliphatic carbocycles. The van der Waals surface area contributed by atoms with E-state index >= 15 is 0 Å². The molecule has 0 N–H and O–H groups in total. The molecule has 1 saturated heterocycles. The lowest BCUT2D eigenvalue weighted by molar-refractivity contribution is -0.142. The van der Waals surface area contributed by atoms with E-state index in [9.17, 15) is 4.79 Å². The van der Waals surface area contributed by atoms with Crippen molar-refractivity contribution in [3.05, 3.63) is 11.7 Å². The zero-order chi connectivity index (χ0) is 12.5. The molecule has 1 amide bonds. The number of aromatic nitrogens is 2. The van der Waals surface area contributed by atoms with Crippen molar-refractivity contribution < 1.29 is 9.32 Å². The van der Waals surface area contributed by atoms with E-state index < -0.39 is 0 Å². The second-order valence-electron chi connectivity index (χ2n) is 5.34. The van der Waals surface area contributed by atoms with E-state index in [0.29, 0.717) is 17.6 Å². The molecular weight excluding hydrogens is 230 g/mol. The third-order valence-electron chi connectivity index (χ3n) is 4.08. The maximum absolute atomic E-state index is 12.4. The summed E-state index contributed by atoms with van der Waals surface area (Å²) in [5, 5.41) is 4.00. The summed E-state index contributed by atoms with van der Waals surface area (Å²) in [4.78, 5) is 18.7. The standard InChI is InChI=1S/C13H19N3O2/c1-9-14-12(15-18-9)11-7-2-3-8-16(11)13(17)10-5-4-6-10/h10-11H,2-8H2,1H3/t11-/m0/s1. The fourth-order valence-electron chi connectivity index (χ4n) is 2.80. The van der Waals surface area contributed by atoms with E-state index in [-0.39, 0.29) is 12.0 Å². The predicted octanol–water partition coefficient (Wildman–Crippen LogP) is 2.23. The number of rotatable bonds is 2. The second kappa shape index (κ2) is 4.71. The number of hydrogen-bond donors (Lipinski definition) is 0. The zero-order valence-electron chi connectivity index (χ0n) is 10.8. The van der Waals surface area contributed by atoms with Crippen LogP contribution in [0, 0.1) is 12.8 Å². The molecule has 1 aromatic rings. The lowest BCUT2D eigenvalue weighted by Gasteiger charge is -2.38. The molecular formula is C13H19N3O2. The van der Waals surface area contributed by atoms with Crippen LogP contribution in [0.5, 0.6) is 0 Å². The van der Waals surface area contributed by atoms with Crippen LogP contribution in [0.1, 0.15) is 56.3 Å². The lowest BCUT2D eigenvalue weighted by atomic mass is 9.83. The fourth-order valence-corrected chi connectivity index (χ4v) is 2.80. The van der Waals surface area contributed by atoms with Crippen LogP contribution >= 0.6 is 0 Å². The van der Waals surface area contributed by atoms with E-state index in [4.69, 9.17) is 4.52 Å². The first-order valence-electron chi connectivity index (χ1n) is 6.86. The monoisotopic (exact) mass is 249 g/mol. The van der Waals surface area contributed by atoms with E-state index in [1.165, 1.54) is 6.42 Å². The van der Waals surface area contributed by atoms with Gasteiger partial charge < -0.3 is 9.42 Å². The molecule has 0 bridgehead atoms. The predicted molar refractivity (Wildman–Crippen MR) is 64.7 cm³/mol. The SMILES string of the molecule is Cc1nc([C@@H]2CCCCN2C(=O)C2CCC2)no1. The van der Waals surface area contributed by atoms with Gasteiger partial charge in [0, 0.05) is 19.4 Å². The maximum Gasteiger partial charge on any atom is 0.226 e. The van der Waals surface area contributed by atoms with Gasteiger partial charge in [0.25, 0.3) is 0 Å². The Morgan fingerprint density at radius 1 is 1.28 bits per heavy atom. The molecule has 0 spiro atoms. The summed E-state index contributed by atoms with van der Waals surface area (Å²) < 4.78 is 5.05. The molecule has 1 aliphatic heterocycles. The Bertz CT molecular complexity index is 439. The molecule has 98 valence electrons. The van der Waals surface area contributed by atoms with Crippen LogP contribution < -0.4 is 0 Å². The Kier molecular flexibility index (Phi) is 3.06. The third kappa shape index (κ3) is 2.02. The van der Waals surface area contributed by atoms with Gasteiger partial charge >= 0.3 is 0 Å². The van der Waals surface area contributed by atoms with Gasteiger partial charge in [0.1, 0.15) is 0 Å². The van der Waals surface area contributed by atoms with Crippen LogP contribution in [0.15, 0.2) is 4.52 Å². The van der Waals surface area contributed by atoms with Gasteiger partial charge in [-0.25, -0.2) is 0 Å². The summed E-state index contributed by atoms with van der Waals surface area (Å²) >= 11 is 0. The highest BCUT2D eigenvalue weighted by Gasteiger charge is 2.36. The summed E-state index contributed by atoms with van der Waals surface area (Å²) in [5.41, 5.74) is 0. The van der Waals surface area contributed by atoms with Crippen molar-refractivity contribution in [2.45, 2.75) is 51.5 Å². The molecule has 1 atom stereocenters. The van der Waals surface area contributed by atoms with Gasteiger partial charge in [0.2, 0.25) is 11.8 Å². The number of carbonyl (C=O) groups is 1. The summed E-state index contributed by atoms with van der Waals surface area (Å²) in [6.45, 7) is 2.63. The van der Waals surface area contributed by atoms with Crippen LogP contribution in [0.3, 0.4) is 0 Å². The Hall–Kier alpha value is -1.39. The van der Waals surface area contributed by atoms with Gasteiger partial charge in [0.05, 0.1) is 6.04 Å². The highest BCUT2D eigenvalue weighted by molar-refractivity contribution is 5.80. The summed E-state index contributed by atoms with van der Waals surface area (Å²) in [5.74, 6) is 1.80. The van der Waals surface area contributed by atoms with Gasteiger partial charge in [-0.3, -0.25) is 4.79 Å². The van der Waals surface area contributed by atoms with Crippen molar-refractivity contribution >= 4 is 5.91 Å².